The van der Waals surface area contributed by atoms with Gasteiger partial charge >= 0.3 is 5.97 Å². The van der Waals surface area contributed by atoms with Crippen molar-refractivity contribution in [2.24, 2.45) is 5.92 Å². The van der Waals surface area contributed by atoms with E-state index >= 15 is 0 Å². The zero-order valence-corrected chi connectivity index (χ0v) is 11.7. The number of rotatable bonds is 6. The van der Waals surface area contributed by atoms with Gasteiger partial charge in [0.25, 0.3) is 5.69 Å². The van der Waals surface area contributed by atoms with E-state index in [0.29, 0.717) is 0 Å². The minimum atomic E-state index is -3.74. The molecule has 20 heavy (non-hydrogen) atoms. The minimum Gasteiger partial charge on any atom is -0.481 e. The monoisotopic (exact) mass is 302 g/mol. The summed E-state index contributed by atoms with van der Waals surface area (Å²) >= 11 is 0. The summed E-state index contributed by atoms with van der Waals surface area (Å²) in [6.07, 6.45) is 0.917. The van der Waals surface area contributed by atoms with Gasteiger partial charge in [-0.1, -0.05) is 13.0 Å². The van der Waals surface area contributed by atoms with Crippen molar-refractivity contribution in [1.29, 1.82) is 0 Å². The molecule has 0 spiro atoms. The number of carboxylic acid groups (broad SMARTS) is 1. The number of nitro groups is 1. The highest BCUT2D eigenvalue weighted by Gasteiger charge is 2.24. The lowest BCUT2D eigenvalue weighted by Crippen LogP contribution is -2.36. The normalized spacial score (nSPS) is 12.7. The molecule has 9 heteroatoms. The Morgan fingerprint density at radius 3 is 2.55 bits per heavy atom. The molecule has 1 N–H and O–H groups in total. The number of nitrogens with zero attached hydrogens (tertiary/aromatic N) is 2. The summed E-state index contributed by atoms with van der Waals surface area (Å²) in [5, 5.41) is 19.6. The lowest BCUT2D eigenvalue weighted by atomic mass is 10.2. The first-order chi connectivity index (χ1) is 9.12. The number of non-ortho nitro benzene ring substituents is 1. The molecule has 1 rings (SSSR count). The Hall–Kier alpha value is -2.16. The summed E-state index contributed by atoms with van der Waals surface area (Å²) in [4.78, 5) is 20.9. The molecule has 8 nitrogen and oxygen atoms in total. The zero-order valence-electron chi connectivity index (χ0n) is 10.9. The number of nitro benzene ring substituents is 1. The molecule has 0 aliphatic carbocycles. The van der Waals surface area contributed by atoms with Gasteiger partial charge in [0.15, 0.2) is 0 Å². The minimum absolute atomic E-state index is 0.0646. The molecule has 1 atom stereocenters. The Labute approximate surface area is 115 Å². The molecule has 0 fully saturated rings. The second-order valence-electron chi connectivity index (χ2n) is 4.31. The molecule has 0 amide bonds. The van der Waals surface area contributed by atoms with E-state index in [2.05, 4.69) is 0 Å². The maximum Gasteiger partial charge on any atom is 0.308 e. The molecule has 0 radical (unpaired) electrons. The second kappa shape index (κ2) is 5.87. The largest absolute Gasteiger partial charge is 0.481 e. The molecule has 0 aliphatic rings. The summed E-state index contributed by atoms with van der Waals surface area (Å²) in [7, 11) is -3.74. The lowest BCUT2D eigenvalue weighted by molar-refractivity contribution is -0.384. The Balaban J connectivity index is 3.22. The Bertz CT molecular complexity index is 628. The third kappa shape index (κ3) is 3.92. The van der Waals surface area contributed by atoms with Crippen molar-refractivity contribution in [3.63, 3.8) is 0 Å². The van der Waals surface area contributed by atoms with E-state index in [1.54, 1.807) is 0 Å². The van der Waals surface area contributed by atoms with Crippen LogP contribution in [0.2, 0.25) is 0 Å². The van der Waals surface area contributed by atoms with Gasteiger partial charge in [0.05, 0.1) is 22.8 Å². The van der Waals surface area contributed by atoms with Crippen LogP contribution in [0.15, 0.2) is 24.3 Å². The number of carbonyl (C=O) groups is 1. The molecular formula is C11H14N2O6S. The van der Waals surface area contributed by atoms with Crippen LogP contribution in [0.1, 0.15) is 6.92 Å². The highest BCUT2D eigenvalue weighted by molar-refractivity contribution is 7.92. The van der Waals surface area contributed by atoms with Crippen LogP contribution in [0.5, 0.6) is 0 Å². The van der Waals surface area contributed by atoms with Gasteiger partial charge in [-0.3, -0.25) is 19.2 Å². The fourth-order valence-electron chi connectivity index (χ4n) is 1.52. The molecule has 0 saturated carbocycles. The van der Waals surface area contributed by atoms with Crippen LogP contribution in [0.25, 0.3) is 0 Å². The van der Waals surface area contributed by atoms with Crippen LogP contribution in [0.3, 0.4) is 0 Å². The average molecular weight is 302 g/mol. The van der Waals surface area contributed by atoms with Crippen LogP contribution in [0, 0.1) is 16.0 Å². The van der Waals surface area contributed by atoms with E-state index in [-0.39, 0.29) is 17.9 Å². The first-order valence-corrected chi connectivity index (χ1v) is 7.42. The van der Waals surface area contributed by atoms with Crippen molar-refractivity contribution in [2.45, 2.75) is 6.92 Å². The molecule has 1 aromatic carbocycles. The molecule has 110 valence electrons. The number of carboxylic acids is 1. The Morgan fingerprint density at radius 2 is 2.10 bits per heavy atom. The first-order valence-electron chi connectivity index (χ1n) is 5.58. The van der Waals surface area contributed by atoms with Gasteiger partial charge in [0.2, 0.25) is 10.0 Å². The molecular weight excluding hydrogens is 288 g/mol. The van der Waals surface area contributed by atoms with Crippen LogP contribution in [0.4, 0.5) is 11.4 Å². The van der Waals surface area contributed by atoms with Crippen molar-refractivity contribution >= 4 is 27.4 Å². The van der Waals surface area contributed by atoms with E-state index in [9.17, 15) is 23.3 Å². The number of hydrogen-bond donors (Lipinski definition) is 1. The number of benzene rings is 1. The molecule has 0 aliphatic heterocycles. The van der Waals surface area contributed by atoms with Gasteiger partial charge < -0.3 is 5.11 Å². The third-order valence-electron chi connectivity index (χ3n) is 2.59. The maximum absolute atomic E-state index is 11.7. The van der Waals surface area contributed by atoms with Gasteiger partial charge in [-0.25, -0.2) is 8.42 Å². The van der Waals surface area contributed by atoms with Gasteiger partial charge in [0.1, 0.15) is 0 Å². The summed E-state index contributed by atoms with van der Waals surface area (Å²) in [6, 6.07) is 5.04. The molecule has 1 aromatic rings. The highest BCUT2D eigenvalue weighted by atomic mass is 32.2. The van der Waals surface area contributed by atoms with Crippen LogP contribution < -0.4 is 4.31 Å². The van der Waals surface area contributed by atoms with Crippen LogP contribution in [-0.4, -0.2) is 37.2 Å². The van der Waals surface area contributed by atoms with E-state index in [1.807, 2.05) is 0 Å². The average Bonchev–Trinajstić information content (AvgIpc) is 2.34. The van der Waals surface area contributed by atoms with Gasteiger partial charge in [0, 0.05) is 18.7 Å². The summed E-state index contributed by atoms with van der Waals surface area (Å²) in [5.74, 6) is -2.09. The zero-order chi connectivity index (χ0) is 15.5. The molecule has 0 bridgehead atoms. The van der Waals surface area contributed by atoms with Crippen LogP contribution in [-0.2, 0) is 14.8 Å². The van der Waals surface area contributed by atoms with E-state index in [0.717, 1.165) is 16.6 Å². The van der Waals surface area contributed by atoms with Crippen LogP contribution >= 0.6 is 0 Å². The maximum atomic E-state index is 11.7. The van der Waals surface area contributed by atoms with Crippen molar-refractivity contribution in [2.75, 3.05) is 17.1 Å². The lowest BCUT2D eigenvalue weighted by Gasteiger charge is -2.23. The van der Waals surface area contributed by atoms with E-state index in [1.165, 1.54) is 25.1 Å². The fraction of sp³-hybridized carbons (Fsp3) is 0.364. The fourth-order valence-corrected chi connectivity index (χ4v) is 2.51. The smallest absolute Gasteiger partial charge is 0.308 e. The van der Waals surface area contributed by atoms with Crippen molar-refractivity contribution in [3.05, 3.63) is 34.4 Å². The van der Waals surface area contributed by atoms with E-state index < -0.39 is 26.8 Å². The SMILES string of the molecule is CC(CN(c1cccc([N+](=O)[O-])c1)S(C)(=O)=O)C(=O)O. The highest BCUT2D eigenvalue weighted by Crippen LogP contribution is 2.24. The predicted molar refractivity (Wildman–Crippen MR) is 72.1 cm³/mol. The Morgan fingerprint density at radius 1 is 1.50 bits per heavy atom. The van der Waals surface area contributed by atoms with Crippen molar-refractivity contribution in [3.8, 4) is 0 Å². The first kappa shape index (κ1) is 15.9. The molecule has 0 aromatic heterocycles. The topological polar surface area (TPSA) is 118 Å². The third-order valence-corrected chi connectivity index (χ3v) is 3.75. The summed E-state index contributed by atoms with van der Waals surface area (Å²) in [6.45, 7) is 1.06. The van der Waals surface area contributed by atoms with E-state index in [4.69, 9.17) is 5.11 Å². The quantitative estimate of drug-likeness (QED) is 0.620. The number of anilines is 1. The molecule has 1 unspecified atom stereocenters. The predicted octanol–water partition coefficient (Wildman–Crippen LogP) is 1.08. The Kier molecular flexibility index (Phi) is 4.66. The number of aliphatic carboxylic acids is 1. The molecule has 0 saturated heterocycles. The second-order valence-corrected chi connectivity index (χ2v) is 6.22. The summed E-state index contributed by atoms with van der Waals surface area (Å²) < 4.78 is 24.3. The van der Waals surface area contributed by atoms with Gasteiger partial charge in [-0.2, -0.15) is 0 Å². The van der Waals surface area contributed by atoms with Crippen molar-refractivity contribution in [1.82, 2.24) is 0 Å². The summed E-state index contributed by atoms with van der Waals surface area (Å²) in [5.41, 5.74) is -0.200. The standard InChI is InChI=1S/C11H14N2O6S/c1-8(11(14)15)7-12(20(2,18)19)9-4-3-5-10(6-9)13(16)17/h3-6,8H,7H2,1-2H3,(H,14,15). The number of hydrogen-bond acceptors (Lipinski definition) is 5. The van der Waals surface area contributed by atoms with Gasteiger partial charge in [-0.05, 0) is 6.07 Å². The number of sulfonamides is 1. The molecule has 0 heterocycles. The van der Waals surface area contributed by atoms with Crippen molar-refractivity contribution < 1.29 is 23.2 Å². The van der Waals surface area contributed by atoms with Gasteiger partial charge in [-0.15, -0.1) is 0 Å².